The van der Waals surface area contributed by atoms with Crippen molar-refractivity contribution < 1.29 is 18.7 Å². The lowest BCUT2D eigenvalue weighted by molar-refractivity contribution is 0.0728. The van der Waals surface area contributed by atoms with Crippen LogP contribution in [0, 0.1) is 5.82 Å². The molecular formula is C28H30FN3O4. The summed E-state index contributed by atoms with van der Waals surface area (Å²) in [6, 6.07) is 14.3. The SMILES string of the molecule is COc1ccc(F)c(CN2CCc3c(C(=O)N4CCc5ccccc5C4)c(OC)cc(=O)n3CC2)c1. The zero-order chi connectivity index (χ0) is 25.2. The summed E-state index contributed by atoms with van der Waals surface area (Å²) in [7, 11) is 3.04. The van der Waals surface area contributed by atoms with Crippen molar-refractivity contribution in [3.8, 4) is 11.5 Å². The number of ether oxygens (including phenoxy) is 2. The molecule has 8 heteroatoms. The highest BCUT2D eigenvalue weighted by Crippen LogP contribution is 2.28. The van der Waals surface area contributed by atoms with Crippen LogP contribution in [0.1, 0.15) is 32.7 Å². The van der Waals surface area contributed by atoms with Crippen LogP contribution in [0.5, 0.6) is 11.5 Å². The quantitative estimate of drug-likeness (QED) is 0.548. The third-order valence-corrected chi connectivity index (χ3v) is 7.18. The number of amides is 1. The molecule has 0 saturated heterocycles. The molecule has 0 atom stereocenters. The number of nitrogens with zero attached hydrogens (tertiary/aromatic N) is 3. The Bertz CT molecular complexity index is 1350. The minimum atomic E-state index is -0.294. The molecule has 1 amide bonds. The number of rotatable bonds is 5. The fraction of sp³-hybridized carbons (Fsp3) is 0.357. The molecule has 36 heavy (non-hydrogen) atoms. The van der Waals surface area contributed by atoms with E-state index in [1.807, 2.05) is 17.0 Å². The third kappa shape index (κ3) is 4.60. The van der Waals surface area contributed by atoms with E-state index in [-0.39, 0.29) is 17.3 Å². The van der Waals surface area contributed by atoms with E-state index in [1.54, 1.807) is 23.8 Å². The van der Waals surface area contributed by atoms with Crippen LogP contribution in [0.15, 0.2) is 53.3 Å². The minimum absolute atomic E-state index is 0.127. The second kappa shape index (κ2) is 10.1. The highest BCUT2D eigenvalue weighted by atomic mass is 19.1. The van der Waals surface area contributed by atoms with Crippen molar-refractivity contribution in [2.45, 2.75) is 32.5 Å². The van der Waals surface area contributed by atoms with Crippen molar-refractivity contribution in [2.24, 2.45) is 0 Å². The zero-order valence-corrected chi connectivity index (χ0v) is 20.6. The van der Waals surface area contributed by atoms with Crippen LogP contribution in [0.3, 0.4) is 0 Å². The summed E-state index contributed by atoms with van der Waals surface area (Å²) < 4.78 is 26.9. The molecule has 0 unspecified atom stereocenters. The predicted octanol–water partition coefficient (Wildman–Crippen LogP) is 3.26. The lowest BCUT2D eigenvalue weighted by Crippen LogP contribution is -2.38. The van der Waals surface area contributed by atoms with Gasteiger partial charge in [-0.1, -0.05) is 24.3 Å². The van der Waals surface area contributed by atoms with Crippen molar-refractivity contribution in [3.63, 3.8) is 0 Å². The highest BCUT2D eigenvalue weighted by molar-refractivity contribution is 5.98. The second-order valence-corrected chi connectivity index (χ2v) is 9.25. The van der Waals surface area contributed by atoms with Gasteiger partial charge in [0.2, 0.25) is 0 Å². The molecular weight excluding hydrogens is 461 g/mol. The van der Waals surface area contributed by atoms with Crippen LogP contribution in [0.25, 0.3) is 0 Å². The maximum absolute atomic E-state index is 14.5. The van der Waals surface area contributed by atoms with Gasteiger partial charge in [0.25, 0.3) is 11.5 Å². The van der Waals surface area contributed by atoms with Crippen LogP contribution in [-0.2, 0) is 32.5 Å². The molecule has 188 valence electrons. The Morgan fingerprint density at radius 3 is 2.53 bits per heavy atom. The van der Waals surface area contributed by atoms with Gasteiger partial charge < -0.3 is 18.9 Å². The van der Waals surface area contributed by atoms with Crippen LogP contribution in [0.4, 0.5) is 4.39 Å². The van der Waals surface area contributed by atoms with E-state index in [1.165, 1.54) is 24.8 Å². The lowest BCUT2D eigenvalue weighted by atomic mass is 9.98. The number of carbonyl (C=O) groups excluding carboxylic acids is 1. The van der Waals surface area contributed by atoms with Crippen molar-refractivity contribution in [3.05, 3.63) is 92.6 Å². The highest BCUT2D eigenvalue weighted by Gasteiger charge is 2.30. The Balaban J connectivity index is 1.43. The molecule has 0 N–H and O–H groups in total. The van der Waals surface area contributed by atoms with E-state index in [4.69, 9.17) is 9.47 Å². The average molecular weight is 492 g/mol. The van der Waals surface area contributed by atoms with Crippen molar-refractivity contribution >= 4 is 5.91 Å². The molecule has 0 bridgehead atoms. The summed E-state index contributed by atoms with van der Waals surface area (Å²) in [6.07, 6.45) is 1.27. The molecule has 0 saturated carbocycles. The Kier molecular flexibility index (Phi) is 6.78. The maximum Gasteiger partial charge on any atom is 0.259 e. The van der Waals surface area contributed by atoms with E-state index in [9.17, 15) is 14.0 Å². The number of benzene rings is 2. The van der Waals surface area contributed by atoms with Gasteiger partial charge >= 0.3 is 0 Å². The number of methoxy groups -OCH3 is 2. The van der Waals surface area contributed by atoms with Crippen LogP contribution >= 0.6 is 0 Å². The molecule has 0 spiro atoms. The summed E-state index contributed by atoms with van der Waals surface area (Å²) >= 11 is 0. The second-order valence-electron chi connectivity index (χ2n) is 9.25. The van der Waals surface area contributed by atoms with Gasteiger partial charge in [0, 0.05) is 63.0 Å². The summed E-state index contributed by atoms with van der Waals surface area (Å²) in [5, 5.41) is 0. The Labute approximate surface area is 209 Å². The van der Waals surface area contributed by atoms with Gasteiger partial charge in [0.1, 0.15) is 22.9 Å². The third-order valence-electron chi connectivity index (χ3n) is 7.18. The van der Waals surface area contributed by atoms with Crippen molar-refractivity contribution in [2.75, 3.05) is 33.9 Å². The molecule has 3 heterocycles. The number of carbonyl (C=O) groups is 1. The molecule has 3 aromatic rings. The predicted molar refractivity (Wildman–Crippen MR) is 134 cm³/mol. The molecule has 0 aliphatic carbocycles. The summed E-state index contributed by atoms with van der Waals surface area (Å²) in [5.41, 5.74) is 3.87. The number of halogens is 1. The minimum Gasteiger partial charge on any atom is -0.497 e. The first-order valence-corrected chi connectivity index (χ1v) is 12.2. The number of pyridine rings is 1. The van der Waals surface area contributed by atoms with Crippen molar-refractivity contribution in [1.29, 1.82) is 0 Å². The molecule has 1 aromatic heterocycles. The van der Waals surface area contributed by atoms with E-state index < -0.39 is 0 Å². The van der Waals surface area contributed by atoms with E-state index in [0.29, 0.717) is 74.0 Å². The standard InChI is InChI=1S/C28H30FN3O4/c1-35-22-7-8-23(29)21(15-22)17-30-11-10-24-27(25(36-2)16-26(33)32(24)14-13-30)28(34)31-12-9-19-5-3-4-6-20(19)18-31/h3-8,15-16H,9-14,17-18H2,1-2H3. The van der Waals surface area contributed by atoms with Gasteiger partial charge in [-0.05, 0) is 35.7 Å². The van der Waals surface area contributed by atoms with Gasteiger partial charge in [0.15, 0.2) is 0 Å². The Hall–Kier alpha value is -3.65. The maximum atomic E-state index is 14.5. The normalized spacial score (nSPS) is 15.6. The van der Waals surface area contributed by atoms with Gasteiger partial charge in [0.05, 0.1) is 14.2 Å². The fourth-order valence-electron chi connectivity index (χ4n) is 5.21. The van der Waals surface area contributed by atoms with E-state index in [0.717, 1.165) is 12.0 Å². The number of aromatic nitrogens is 1. The van der Waals surface area contributed by atoms with Gasteiger partial charge in [-0.15, -0.1) is 0 Å². The zero-order valence-electron chi connectivity index (χ0n) is 20.6. The summed E-state index contributed by atoms with van der Waals surface area (Å²) in [5.74, 6) is 0.485. The number of fused-ring (bicyclic) bond motifs is 2. The first kappa shape index (κ1) is 24.1. The summed E-state index contributed by atoms with van der Waals surface area (Å²) in [6.45, 7) is 3.06. The Morgan fingerprint density at radius 2 is 1.75 bits per heavy atom. The fourth-order valence-corrected chi connectivity index (χ4v) is 5.21. The monoisotopic (exact) mass is 491 g/mol. The smallest absolute Gasteiger partial charge is 0.259 e. The molecule has 2 aliphatic rings. The van der Waals surface area contributed by atoms with Crippen LogP contribution < -0.4 is 15.0 Å². The van der Waals surface area contributed by atoms with Gasteiger partial charge in [-0.25, -0.2) is 4.39 Å². The molecule has 5 rings (SSSR count). The van der Waals surface area contributed by atoms with E-state index in [2.05, 4.69) is 17.0 Å². The summed E-state index contributed by atoms with van der Waals surface area (Å²) in [4.78, 5) is 30.7. The van der Waals surface area contributed by atoms with Gasteiger partial charge in [-0.3, -0.25) is 14.5 Å². The van der Waals surface area contributed by atoms with E-state index >= 15 is 0 Å². The number of hydrogen-bond acceptors (Lipinski definition) is 5. The molecule has 0 radical (unpaired) electrons. The molecule has 7 nitrogen and oxygen atoms in total. The average Bonchev–Trinajstić information content (AvgIpc) is 3.12. The largest absolute Gasteiger partial charge is 0.497 e. The van der Waals surface area contributed by atoms with Crippen LogP contribution in [-0.4, -0.2) is 54.1 Å². The molecule has 2 aliphatic heterocycles. The first-order valence-electron chi connectivity index (χ1n) is 12.2. The van der Waals surface area contributed by atoms with Crippen molar-refractivity contribution in [1.82, 2.24) is 14.4 Å². The van der Waals surface area contributed by atoms with Gasteiger partial charge in [-0.2, -0.15) is 0 Å². The lowest BCUT2D eigenvalue weighted by Gasteiger charge is -2.30. The molecule has 2 aromatic carbocycles. The topological polar surface area (TPSA) is 64.0 Å². The van der Waals surface area contributed by atoms with Crippen LogP contribution in [0.2, 0.25) is 0 Å². The first-order chi connectivity index (χ1) is 17.5. The Morgan fingerprint density at radius 1 is 0.944 bits per heavy atom. The number of hydrogen-bond donors (Lipinski definition) is 0. The molecule has 0 fully saturated rings.